The lowest BCUT2D eigenvalue weighted by Gasteiger charge is -2.32. The summed E-state index contributed by atoms with van der Waals surface area (Å²) in [5, 5.41) is 10.8. The standard InChI is InChI=1S/C18H21BrO3/c1-4-10-8-12(19)9-11(5-2)14(10)15-16(20)13-6-7-18(3,22-13)17(15)21/h8-9,13,21H,4-7H2,1-3H3/t13-,18-/m1/s1. The molecule has 0 aliphatic carbocycles. The Morgan fingerprint density at radius 3 is 2.45 bits per heavy atom. The van der Waals surface area contributed by atoms with Gasteiger partial charge < -0.3 is 9.84 Å². The van der Waals surface area contributed by atoms with Crippen LogP contribution < -0.4 is 0 Å². The molecule has 2 heterocycles. The van der Waals surface area contributed by atoms with Crippen LogP contribution in [0.15, 0.2) is 22.4 Å². The van der Waals surface area contributed by atoms with Crippen LogP contribution in [-0.2, 0) is 22.4 Å². The molecule has 0 aromatic heterocycles. The lowest BCUT2D eigenvalue weighted by molar-refractivity contribution is -0.130. The molecule has 1 N–H and O–H groups in total. The maximum Gasteiger partial charge on any atom is 0.195 e. The Hall–Kier alpha value is -1.13. The number of hydrogen-bond acceptors (Lipinski definition) is 3. The molecule has 4 heteroatoms. The number of aryl methyl sites for hydroxylation is 2. The van der Waals surface area contributed by atoms with Crippen LogP contribution in [0.3, 0.4) is 0 Å². The van der Waals surface area contributed by atoms with Gasteiger partial charge in [0.15, 0.2) is 5.78 Å². The highest BCUT2D eigenvalue weighted by Gasteiger charge is 2.50. The summed E-state index contributed by atoms with van der Waals surface area (Å²) in [7, 11) is 0. The first-order valence-corrected chi connectivity index (χ1v) is 8.68. The Morgan fingerprint density at radius 1 is 1.32 bits per heavy atom. The molecule has 0 saturated carbocycles. The molecule has 22 heavy (non-hydrogen) atoms. The quantitative estimate of drug-likeness (QED) is 0.866. The molecule has 2 bridgehead atoms. The monoisotopic (exact) mass is 364 g/mol. The van der Waals surface area contributed by atoms with E-state index in [1.54, 1.807) is 0 Å². The summed E-state index contributed by atoms with van der Waals surface area (Å²) < 4.78 is 6.78. The molecule has 3 rings (SSSR count). The largest absolute Gasteiger partial charge is 0.508 e. The van der Waals surface area contributed by atoms with E-state index in [4.69, 9.17) is 4.74 Å². The van der Waals surface area contributed by atoms with E-state index in [1.165, 1.54) is 0 Å². The second-order valence-electron chi connectivity index (χ2n) is 6.27. The number of fused-ring (bicyclic) bond motifs is 2. The number of halogens is 1. The Balaban J connectivity index is 2.29. The lowest BCUT2D eigenvalue weighted by Crippen LogP contribution is -2.38. The van der Waals surface area contributed by atoms with Crippen molar-refractivity contribution in [1.82, 2.24) is 0 Å². The predicted molar refractivity (Wildman–Crippen MR) is 90.0 cm³/mol. The number of aliphatic hydroxyl groups is 1. The maximum atomic E-state index is 12.8. The maximum absolute atomic E-state index is 12.8. The molecule has 2 atom stereocenters. The Morgan fingerprint density at radius 2 is 1.91 bits per heavy atom. The number of benzene rings is 1. The Kier molecular flexibility index (Phi) is 3.94. The first-order chi connectivity index (χ1) is 10.4. The summed E-state index contributed by atoms with van der Waals surface area (Å²) in [6.07, 6.45) is 2.59. The Bertz CT molecular complexity index is 652. The van der Waals surface area contributed by atoms with Crippen molar-refractivity contribution in [3.63, 3.8) is 0 Å². The minimum Gasteiger partial charge on any atom is -0.508 e. The van der Waals surface area contributed by atoms with E-state index in [1.807, 2.05) is 19.1 Å². The first-order valence-electron chi connectivity index (χ1n) is 7.88. The van der Waals surface area contributed by atoms with E-state index in [0.29, 0.717) is 18.4 Å². The molecule has 0 radical (unpaired) electrons. The van der Waals surface area contributed by atoms with Crippen LogP contribution in [0.2, 0.25) is 0 Å². The van der Waals surface area contributed by atoms with Crippen molar-refractivity contribution in [2.24, 2.45) is 0 Å². The third-order valence-corrected chi connectivity index (χ3v) is 5.30. The van der Waals surface area contributed by atoms with Crippen molar-refractivity contribution < 1.29 is 14.6 Å². The minimum absolute atomic E-state index is 0.0702. The van der Waals surface area contributed by atoms with Gasteiger partial charge in [0.05, 0.1) is 5.57 Å². The van der Waals surface area contributed by atoms with Gasteiger partial charge in [-0.25, -0.2) is 0 Å². The van der Waals surface area contributed by atoms with Gasteiger partial charge in [0.25, 0.3) is 0 Å². The van der Waals surface area contributed by atoms with Crippen LogP contribution in [-0.4, -0.2) is 22.6 Å². The first kappa shape index (κ1) is 15.8. The number of hydrogen-bond donors (Lipinski definition) is 1. The Labute approximate surface area is 139 Å². The normalized spacial score (nSPS) is 27.6. The average molecular weight is 365 g/mol. The van der Waals surface area contributed by atoms with E-state index in [-0.39, 0.29) is 11.5 Å². The second-order valence-corrected chi connectivity index (χ2v) is 7.19. The van der Waals surface area contributed by atoms with Gasteiger partial charge in [-0.15, -0.1) is 0 Å². The van der Waals surface area contributed by atoms with Crippen LogP contribution in [0, 0.1) is 0 Å². The van der Waals surface area contributed by atoms with E-state index >= 15 is 0 Å². The van der Waals surface area contributed by atoms with E-state index < -0.39 is 11.7 Å². The van der Waals surface area contributed by atoms with Gasteiger partial charge in [-0.2, -0.15) is 0 Å². The van der Waals surface area contributed by atoms with Gasteiger partial charge in [0, 0.05) is 4.47 Å². The van der Waals surface area contributed by atoms with Crippen LogP contribution in [0.25, 0.3) is 5.57 Å². The van der Waals surface area contributed by atoms with Crippen molar-refractivity contribution >= 4 is 27.3 Å². The summed E-state index contributed by atoms with van der Waals surface area (Å²) in [6, 6.07) is 4.09. The molecule has 0 spiro atoms. The third-order valence-electron chi connectivity index (χ3n) is 4.84. The second kappa shape index (κ2) is 5.50. The molecule has 1 aromatic rings. The molecule has 0 amide bonds. The molecule has 3 nitrogen and oxygen atoms in total. The molecule has 2 aliphatic rings. The number of ether oxygens (including phenoxy) is 1. The number of carbonyl (C=O) groups excluding carboxylic acids is 1. The fourth-order valence-electron chi connectivity index (χ4n) is 3.58. The van der Waals surface area contributed by atoms with Crippen LogP contribution in [0.4, 0.5) is 0 Å². The van der Waals surface area contributed by atoms with Crippen molar-refractivity contribution in [3.8, 4) is 0 Å². The zero-order valence-electron chi connectivity index (χ0n) is 13.2. The van der Waals surface area contributed by atoms with Gasteiger partial charge in [-0.1, -0.05) is 29.8 Å². The fourth-order valence-corrected chi connectivity index (χ4v) is 4.14. The molecule has 1 aromatic carbocycles. The van der Waals surface area contributed by atoms with Crippen LogP contribution >= 0.6 is 15.9 Å². The fraction of sp³-hybridized carbons (Fsp3) is 0.500. The molecular weight excluding hydrogens is 344 g/mol. The summed E-state index contributed by atoms with van der Waals surface area (Å²) in [4.78, 5) is 12.8. The van der Waals surface area contributed by atoms with Gasteiger partial charge in [0.2, 0.25) is 0 Å². The molecule has 2 aliphatic heterocycles. The van der Waals surface area contributed by atoms with Gasteiger partial charge >= 0.3 is 0 Å². The zero-order chi connectivity index (χ0) is 16.1. The van der Waals surface area contributed by atoms with E-state index in [0.717, 1.165) is 34.0 Å². The summed E-state index contributed by atoms with van der Waals surface area (Å²) >= 11 is 3.54. The third kappa shape index (κ3) is 2.24. The van der Waals surface area contributed by atoms with E-state index in [9.17, 15) is 9.90 Å². The van der Waals surface area contributed by atoms with Crippen molar-refractivity contribution in [1.29, 1.82) is 0 Å². The number of rotatable bonds is 3. The van der Waals surface area contributed by atoms with Crippen molar-refractivity contribution in [3.05, 3.63) is 39.1 Å². The predicted octanol–water partition coefficient (Wildman–Crippen LogP) is 4.36. The average Bonchev–Trinajstić information content (AvgIpc) is 2.87. The molecule has 1 saturated heterocycles. The number of Topliss-reactive ketones (excluding diaryl/α,β-unsaturated/α-hetero) is 1. The molecule has 0 unspecified atom stereocenters. The van der Waals surface area contributed by atoms with Gasteiger partial charge in [0.1, 0.15) is 17.5 Å². The SMILES string of the molecule is CCc1cc(Br)cc(CC)c1C1=C(O)[C@@]2(C)CC[C@@H](O2)C1=O. The molecule has 1 fully saturated rings. The number of aliphatic hydroxyl groups excluding tert-OH is 1. The highest BCUT2D eigenvalue weighted by molar-refractivity contribution is 9.10. The summed E-state index contributed by atoms with van der Waals surface area (Å²) in [6.45, 7) is 6.02. The lowest BCUT2D eigenvalue weighted by atomic mass is 9.85. The van der Waals surface area contributed by atoms with Crippen LogP contribution in [0.1, 0.15) is 50.3 Å². The zero-order valence-corrected chi connectivity index (χ0v) is 14.8. The summed E-state index contributed by atoms with van der Waals surface area (Å²) in [5.74, 6) is 0.0390. The van der Waals surface area contributed by atoms with E-state index in [2.05, 4.69) is 29.8 Å². The van der Waals surface area contributed by atoms with Gasteiger partial charge in [-0.05, 0) is 61.4 Å². The smallest absolute Gasteiger partial charge is 0.195 e. The summed E-state index contributed by atoms with van der Waals surface area (Å²) in [5.41, 5.74) is 2.86. The van der Waals surface area contributed by atoms with Crippen LogP contribution in [0.5, 0.6) is 0 Å². The minimum atomic E-state index is -0.711. The highest BCUT2D eigenvalue weighted by Crippen LogP contribution is 2.46. The molecule has 118 valence electrons. The highest BCUT2D eigenvalue weighted by atomic mass is 79.9. The number of carbonyl (C=O) groups is 1. The van der Waals surface area contributed by atoms with Crippen molar-refractivity contribution in [2.75, 3.05) is 0 Å². The topological polar surface area (TPSA) is 46.5 Å². The van der Waals surface area contributed by atoms with Gasteiger partial charge in [-0.3, -0.25) is 4.79 Å². The number of ketones is 1. The molecular formula is C18H21BrO3. The van der Waals surface area contributed by atoms with Crippen molar-refractivity contribution in [2.45, 2.75) is 58.2 Å².